The summed E-state index contributed by atoms with van der Waals surface area (Å²) < 4.78 is 4.67. The second-order valence-electron chi connectivity index (χ2n) is 7.71. The van der Waals surface area contributed by atoms with Gasteiger partial charge in [0.15, 0.2) is 0 Å². The molecule has 0 aliphatic carbocycles. The van der Waals surface area contributed by atoms with Gasteiger partial charge in [0.2, 0.25) is 11.8 Å². The number of aromatic nitrogens is 1. The summed E-state index contributed by atoms with van der Waals surface area (Å²) in [7, 11) is 1.34. The Morgan fingerprint density at radius 3 is 2.23 bits per heavy atom. The number of ether oxygens (including phenoxy) is 1. The molecule has 3 heterocycles. The van der Waals surface area contributed by atoms with Crippen molar-refractivity contribution in [3.8, 4) is 0 Å². The number of hydrogen-bond acceptors (Lipinski definition) is 7. The van der Waals surface area contributed by atoms with Crippen LogP contribution in [0.3, 0.4) is 0 Å². The van der Waals surface area contributed by atoms with Crippen molar-refractivity contribution in [3.63, 3.8) is 0 Å². The molecule has 0 radical (unpaired) electrons. The van der Waals surface area contributed by atoms with E-state index in [4.69, 9.17) is 0 Å². The summed E-state index contributed by atoms with van der Waals surface area (Å²) in [5, 5.41) is 3.56. The monoisotopic (exact) mass is 453 g/mol. The number of anilines is 1. The lowest BCUT2D eigenvalue weighted by Crippen LogP contribution is -2.54. The zero-order valence-corrected chi connectivity index (χ0v) is 19.1. The molecule has 2 aliphatic rings. The van der Waals surface area contributed by atoms with Crippen molar-refractivity contribution in [3.05, 3.63) is 24.5 Å². The first-order valence-corrected chi connectivity index (χ1v) is 10.5. The third kappa shape index (κ3) is 6.54. The van der Waals surface area contributed by atoms with Gasteiger partial charge in [0, 0.05) is 76.7 Å². The van der Waals surface area contributed by atoms with E-state index in [1.165, 1.54) is 14.0 Å². The second-order valence-corrected chi connectivity index (χ2v) is 7.71. The van der Waals surface area contributed by atoms with Crippen LogP contribution in [0.25, 0.3) is 0 Å². The minimum atomic E-state index is -0.336. The van der Waals surface area contributed by atoms with E-state index in [9.17, 15) is 14.4 Å². The van der Waals surface area contributed by atoms with E-state index in [1.807, 2.05) is 22.0 Å². The van der Waals surface area contributed by atoms with Crippen LogP contribution in [0.2, 0.25) is 0 Å². The SMILES string of the molecule is COC(=O)CCN(C(C)=O)N1CCC(C(=O)N2CCN(c3ccncc3)CC2)CC1.Cl. The molecule has 2 aliphatic heterocycles. The van der Waals surface area contributed by atoms with Crippen molar-refractivity contribution in [1.29, 1.82) is 0 Å². The van der Waals surface area contributed by atoms with Crippen molar-refractivity contribution in [2.75, 3.05) is 57.8 Å². The molecule has 3 rings (SSSR count). The lowest BCUT2D eigenvalue weighted by Gasteiger charge is -2.41. The van der Waals surface area contributed by atoms with Gasteiger partial charge in [-0.2, -0.15) is 0 Å². The van der Waals surface area contributed by atoms with E-state index < -0.39 is 0 Å². The summed E-state index contributed by atoms with van der Waals surface area (Å²) >= 11 is 0. The van der Waals surface area contributed by atoms with Gasteiger partial charge < -0.3 is 14.5 Å². The molecule has 9 nitrogen and oxygen atoms in total. The minimum absolute atomic E-state index is 0. The maximum atomic E-state index is 13.0. The van der Waals surface area contributed by atoms with Crippen molar-refractivity contribution in [2.45, 2.75) is 26.2 Å². The Morgan fingerprint density at radius 1 is 1.06 bits per heavy atom. The highest BCUT2D eigenvalue weighted by Gasteiger charge is 2.32. The van der Waals surface area contributed by atoms with Gasteiger partial charge in [-0.1, -0.05) is 0 Å². The third-order valence-corrected chi connectivity index (χ3v) is 5.90. The van der Waals surface area contributed by atoms with Crippen molar-refractivity contribution >= 4 is 35.9 Å². The normalized spacial score (nSPS) is 17.6. The van der Waals surface area contributed by atoms with E-state index in [0.29, 0.717) is 32.5 Å². The number of rotatable bonds is 6. The largest absolute Gasteiger partial charge is 0.469 e. The number of amides is 2. The Morgan fingerprint density at radius 2 is 1.68 bits per heavy atom. The van der Waals surface area contributed by atoms with Crippen LogP contribution in [0, 0.1) is 5.92 Å². The molecular weight excluding hydrogens is 422 g/mol. The lowest BCUT2D eigenvalue weighted by molar-refractivity contribution is -0.154. The van der Waals surface area contributed by atoms with Gasteiger partial charge in [-0.15, -0.1) is 12.4 Å². The first kappa shape index (κ1) is 24.9. The summed E-state index contributed by atoms with van der Waals surface area (Å²) in [6, 6.07) is 3.99. The maximum Gasteiger partial charge on any atom is 0.307 e. The number of hydrogen-bond donors (Lipinski definition) is 0. The predicted octanol–water partition coefficient (Wildman–Crippen LogP) is 1.19. The molecule has 2 fully saturated rings. The molecule has 1 aromatic rings. The smallest absolute Gasteiger partial charge is 0.307 e. The highest BCUT2D eigenvalue weighted by atomic mass is 35.5. The fourth-order valence-corrected chi connectivity index (χ4v) is 4.15. The average Bonchev–Trinajstić information content (AvgIpc) is 2.79. The molecule has 31 heavy (non-hydrogen) atoms. The fourth-order valence-electron chi connectivity index (χ4n) is 4.15. The topological polar surface area (TPSA) is 86.3 Å². The molecule has 172 valence electrons. The molecule has 0 N–H and O–H groups in total. The molecule has 10 heteroatoms. The summed E-state index contributed by atoms with van der Waals surface area (Å²) in [4.78, 5) is 44.7. The second kappa shape index (κ2) is 11.9. The number of esters is 1. The predicted molar refractivity (Wildman–Crippen MR) is 119 cm³/mol. The van der Waals surface area contributed by atoms with Gasteiger partial charge in [0.25, 0.3) is 0 Å². The third-order valence-electron chi connectivity index (χ3n) is 5.90. The Kier molecular flexibility index (Phi) is 9.51. The van der Waals surface area contributed by atoms with Gasteiger partial charge in [-0.05, 0) is 25.0 Å². The molecule has 2 amide bonds. The van der Waals surface area contributed by atoms with Crippen LogP contribution < -0.4 is 4.90 Å². The molecule has 2 saturated heterocycles. The highest BCUT2D eigenvalue weighted by molar-refractivity contribution is 5.85. The number of pyridine rings is 1. The van der Waals surface area contributed by atoms with Gasteiger partial charge in [-0.3, -0.25) is 24.4 Å². The van der Waals surface area contributed by atoms with Crippen molar-refractivity contribution in [1.82, 2.24) is 19.9 Å². The first-order chi connectivity index (χ1) is 14.5. The fraction of sp³-hybridized carbons (Fsp3) is 0.619. The van der Waals surface area contributed by atoms with Crippen LogP contribution in [0.15, 0.2) is 24.5 Å². The zero-order valence-electron chi connectivity index (χ0n) is 18.2. The number of hydrazine groups is 1. The summed E-state index contributed by atoms with van der Waals surface area (Å²) in [5.74, 6) is -0.232. The summed E-state index contributed by atoms with van der Waals surface area (Å²) in [5.41, 5.74) is 1.14. The Hall–Kier alpha value is -2.39. The van der Waals surface area contributed by atoms with Crippen LogP contribution in [0.4, 0.5) is 5.69 Å². The van der Waals surface area contributed by atoms with Crippen LogP contribution in [-0.2, 0) is 19.1 Å². The number of halogens is 1. The number of methoxy groups -OCH3 is 1. The Labute approximate surface area is 189 Å². The molecule has 0 spiro atoms. The van der Waals surface area contributed by atoms with E-state index in [0.717, 1.165) is 31.9 Å². The Balaban J connectivity index is 0.00000341. The molecule has 0 aromatic carbocycles. The summed E-state index contributed by atoms with van der Waals surface area (Å²) in [6.07, 6.45) is 5.17. The number of piperazine rings is 1. The van der Waals surface area contributed by atoms with E-state index in [2.05, 4.69) is 14.6 Å². The van der Waals surface area contributed by atoms with Gasteiger partial charge in [0.05, 0.1) is 13.5 Å². The maximum absolute atomic E-state index is 13.0. The quantitative estimate of drug-likeness (QED) is 0.598. The number of carbonyl (C=O) groups is 3. The highest BCUT2D eigenvalue weighted by Crippen LogP contribution is 2.23. The molecule has 1 aromatic heterocycles. The van der Waals surface area contributed by atoms with Gasteiger partial charge >= 0.3 is 5.97 Å². The first-order valence-electron chi connectivity index (χ1n) is 10.5. The van der Waals surface area contributed by atoms with E-state index in [-0.39, 0.29) is 42.5 Å². The van der Waals surface area contributed by atoms with Gasteiger partial charge in [-0.25, -0.2) is 5.01 Å². The van der Waals surface area contributed by atoms with Crippen LogP contribution in [0.5, 0.6) is 0 Å². The van der Waals surface area contributed by atoms with Crippen LogP contribution >= 0.6 is 12.4 Å². The molecular formula is C21H32ClN5O4. The Bertz CT molecular complexity index is 735. The average molecular weight is 454 g/mol. The molecule has 0 unspecified atom stereocenters. The number of piperidine rings is 1. The minimum Gasteiger partial charge on any atom is -0.469 e. The summed E-state index contributed by atoms with van der Waals surface area (Å²) in [6.45, 7) is 6.15. The van der Waals surface area contributed by atoms with E-state index >= 15 is 0 Å². The van der Waals surface area contributed by atoms with Crippen molar-refractivity contribution in [2.24, 2.45) is 5.92 Å². The van der Waals surface area contributed by atoms with Crippen molar-refractivity contribution < 1.29 is 19.1 Å². The molecule has 0 atom stereocenters. The van der Waals surface area contributed by atoms with Crippen LogP contribution in [0.1, 0.15) is 26.2 Å². The molecule has 0 bridgehead atoms. The lowest BCUT2D eigenvalue weighted by atomic mass is 9.95. The standard InChI is InChI=1S/C21H31N5O4.ClH/c1-17(27)26(12-7-20(28)30-2)25-10-5-18(6-11-25)21(29)24-15-13-23(14-16-24)19-3-8-22-9-4-19;/h3-4,8-9,18H,5-7,10-16H2,1-2H3;1H. The van der Waals surface area contributed by atoms with Gasteiger partial charge in [0.1, 0.15) is 0 Å². The number of nitrogens with zero attached hydrogens (tertiary/aromatic N) is 5. The molecule has 0 saturated carbocycles. The number of carbonyl (C=O) groups excluding carboxylic acids is 3. The zero-order chi connectivity index (χ0) is 21.5. The van der Waals surface area contributed by atoms with Crippen LogP contribution in [-0.4, -0.2) is 90.6 Å². The van der Waals surface area contributed by atoms with E-state index in [1.54, 1.807) is 17.4 Å².